The molecule has 0 radical (unpaired) electrons. The molecule has 0 spiro atoms. The number of hydrogen-bond donors (Lipinski definition) is 2. The molecule has 0 aromatic heterocycles. The summed E-state index contributed by atoms with van der Waals surface area (Å²) < 4.78 is 33.3. The Hall–Kier alpha value is -1.39. The lowest BCUT2D eigenvalue weighted by molar-refractivity contribution is -0.131. The molecule has 1 saturated carbocycles. The summed E-state index contributed by atoms with van der Waals surface area (Å²) >= 11 is 12.0. The van der Waals surface area contributed by atoms with E-state index in [0.29, 0.717) is 17.4 Å². The molecule has 8 nitrogen and oxygen atoms in total. The van der Waals surface area contributed by atoms with E-state index in [1.165, 1.54) is 48.2 Å². The van der Waals surface area contributed by atoms with Crippen LogP contribution in [-0.2, 0) is 24.3 Å². The standard InChI is InChI=1S/C25H37Cl2N3O5S/c1-3-17(2)24(29-23(31)11-8-18-6-4-5-7-18)25(32)28-15-20-16-30(12-13-35-20)36(33,34)22-10-9-19(26)14-21(22)27/h9-10,14,17-18,20,24H,3-8,11-13,15-16H2,1-2H3,(H,28,32)(H,29,31)/t17?,20?,24-/m0/s1. The van der Waals surface area contributed by atoms with Gasteiger partial charge in [0.2, 0.25) is 21.8 Å². The van der Waals surface area contributed by atoms with Crippen LogP contribution in [0.3, 0.4) is 0 Å². The smallest absolute Gasteiger partial charge is 0.244 e. The molecule has 2 aliphatic rings. The van der Waals surface area contributed by atoms with Gasteiger partial charge in [-0.1, -0.05) is 69.2 Å². The van der Waals surface area contributed by atoms with Crippen molar-refractivity contribution in [3.05, 3.63) is 28.2 Å². The average molecular weight is 563 g/mol. The number of ether oxygens (including phenoxy) is 1. The molecule has 1 saturated heterocycles. The van der Waals surface area contributed by atoms with Gasteiger partial charge in [0.05, 0.1) is 17.7 Å². The molecule has 0 bridgehead atoms. The van der Waals surface area contributed by atoms with Crippen molar-refractivity contribution in [2.45, 2.75) is 75.8 Å². The highest BCUT2D eigenvalue weighted by molar-refractivity contribution is 7.89. The van der Waals surface area contributed by atoms with Crippen LogP contribution in [-0.4, -0.2) is 62.9 Å². The summed E-state index contributed by atoms with van der Waals surface area (Å²) in [5, 5.41) is 6.18. The van der Waals surface area contributed by atoms with E-state index >= 15 is 0 Å². The molecule has 3 rings (SSSR count). The summed E-state index contributed by atoms with van der Waals surface area (Å²) in [4.78, 5) is 25.6. The second kappa shape index (κ2) is 13.4. The minimum absolute atomic E-state index is 0.0181. The van der Waals surface area contributed by atoms with Crippen LogP contribution in [0.15, 0.2) is 23.1 Å². The number of halogens is 2. The molecule has 3 atom stereocenters. The normalized spacial score (nSPS) is 21.2. The Morgan fingerprint density at radius 1 is 1.22 bits per heavy atom. The Morgan fingerprint density at radius 2 is 1.94 bits per heavy atom. The minimum atomic E-state index is -3.85. The van der Waals surface area contributed by atoms with Gasteiger partial charge in [-0.25, -0.2) is 8.42 Å². The number of rotatable bonds is 11. The molecule has 1 heterocycles. The first-order valence-electron chi connectivity index (χ1n) is 12.8. The number of amides is 2. The molecule has 1 aliphatic heterocycles. The number of benzene rings is 1. The van der Waals surface area contributed by atoms with Crippen LogP contribution in [0.5, 0.6) is 0 Å². The lowest BCUT2D eigenvalue weighted by Gasteiger charge is -2.33. The van der Waals surface area contributed by atoms with Gasteiger partial charge in [-0.3, -0.25) is 9.59 Å². The second-order valence-corrected chi connectivity index (χ2v) is 12.5. The van der Waals surface area contributed by atoms with Crippen LogP contribution < -0.4 is 10.6 Å². The van der Waals surface area contributed by atoms with E-state index in [1.807, 2.05) is 13.8 Å². The number of nitrogens with one attached hydrogen (secondary N) is 2. The van der Waals surface area contributed by atoms with Crippen molar-refractivity contribution in [2.75, 3.05) is 26.2 Å². The molecule has 202 valence electrons. The van der Waals surface area contributed by atoms with Crippen LogP contribution in [0.1, 0.15) is 58.8 Å². The number of hydrogen-bond acceptors (Lipinski definition) is 5. The fraction of sp³-hybridized carbons (Fsp3) is 0.680. The molecule has 1 aromatic rings. The van der Waals surface area contributed by atoms with E-state index in [1.54, 1.807) is 0 Å². The van der Waals surface area contributed by atoms with Gasteiger partial charge in [0, 0.05) is 31.1 Å². The number of carbonyl (C=O) groups is 2. The van der Waals surface area contributed by atoms with Crippen LogP contribution >= 0.6 is 23.2 Å². The molecule has 2 unspecified atom stereocenters. The molecule has 2 amide bonds. The highest BCUT2D eigenvalue weighted by Gasteiger charge is 2.33. The molecule has 1 aliphatic carbocycles. The van der Waals surface area contributed by atoms with E-state index in [9.17, 15) is 18.0 Å². The summed E-state index contributed by atoms with van der Waals surface area (Å²) in [6.07, 6.45) is 6.32. The van der Waals surface area contributed by atoms with Crippen LogP contribution in [0, 0.1) is 11.8 Å². The van der Waals surface area contributed by atoms with Gasteiger partial charge < -0.3 is 15.4 Å². The maximum absolute atomic E-state index is 13.1. The molecule has 1 aromatic carbocycles. The Bertz CT molecular complexity index is 1020. The molecule has 2 fully saturated rings. The molecular formula is C25H37Cl2N3O5S. The maximum Gasteiger partial charge on any atom is 0.244 e. The van der Waals surface area contributed by atoms with E-state index in [0.717, 1.165) is 12.8 Å². The predicted octanol–water partition coefficient (Wildman–Crippen LogP) is 4.00. The van der Waals surface area contributed by atoms with Gasteiger partial charge in [-0.2, -0.15) is 4.31 Å². The van der Waals surface area contributed by atoms with Gasteiger partial charge in [-0.05, 0) is 36.5 Å². The SMILES string of the molecule is CCC(C)[C@H](NC(=O)CCC1CCCC1)C(=O)NCC1CN(S(=O)(=O)c2ccc(Cl)cc2Cl)CCO1. The molecule has 11 heteroatoms. The molecule has 36 heavy (non-hydrogen) atoms. The third-order valence-electron chi connectivity index (χ3n) is 7.18. The first-order valence-corrected chi connectivity index (χ1v) is 14.9. The van der Waals surface area contributed by atoms with Crippen LogP contribution in [0.2, 0.25) is 10.0 Å². The monoisotopic (exact) mass is 561 g/mol. The van der Waals surface area contributed by atoms with Crippen molar-refractivity contribution < 1.29 is 22.7 Å². The first kappa shape index (κ1) is 29.2. The number of nitrogens with zero attached hydrogens (tertiary/aromatic N) is 1. The van der Waals surface area contributed by atoms with Crippen molar-refractivity contribution in [3.8, 4) is 0 Å². The zero-order chi connectivity index (χ0) is 26.3. The highest BCUT2D eigenvalue weighted by Crippen LogP contribution is 2.29. The Labute approximate surface area is 224 Å². The topological polar surface area (TPSA) is 105 Å². The number of sulfonamides is 1. The van der Waals surface area contributed by atoms with Crippen molar-refractivity contribution in [2.24, 2.45) is 11.8 Å². The zero-order valence-electron chi connectivity index (χ0n) is 21.0. The van der Waals surface area contributed by atoms with Gasteiger partial charge in [0.15, 0.2) is 0 Å². The predicted molar refractivity (Wildman–Crippen MR) is 141 cm³/mol. The van der Waals surface area contributed by atoms with Gasteiger partial charge in [0.1, 0.15) is 10.9 Å². The lowest BCUT2D eigenvalue weighted by Crippen LogP contribution is -2.54. The third-order valence-corrected chi connectivity index (χ3v) is 9.77. The van der Waals surface area contributed by atoms with Gasteiger partial charge in [0.25, 0.3) is 0 Å². The Morgan fingerprint density at radius 3 is 2.61 bits per heavy atom. The van der Waals surface area contributed by atoms with Crippen LogP contribution in [0.25, 0.3) is 0 Å². The van der Waals surface area contributed by atoms with Gasteiger partial charge in [-0.15, -0.1) is 0 Å². The Balaban J connectivity index is 1.55. The van der Waals surface area contributed by atoms with E-state index < -0.39 is 22.2 Å². The van der Waals surface area contributed by atoms with E-state index in [-0.39, 0.29) is 53.9 Å². The quantitative estimate of drug-likeness (QED) is 0.424. The summed E-state index contributed by atoms with van der Waals surface area (Å²) in [5.41, 5.74) is 0. The van der Waals surface area contributed by atoms with Gasteiger partial charge >= 0.3 is 0 Å². The fourth-order valence-corrected chi connectivity index (χ4v) is 6.97. The van der Waals surface area contributed by atoms with E-state index in [4.69, 9.17) is 27.9 Å². The second-order valence-electron chi connectivity index (χ2n) is 9.80. The summed E-state index contributed by atoms with van der Waals surface area (Å²) in [5.74, 6) is 0.171. The van der Waals surface area contributed by atoms with Crippen molar-refractivity contribution in [1.29, 1.82) is 0 Å². The summed E-state index contributed by atoms with van der Waals surface area (Å²) in [7, 11) is -3.85. The van der Waals surface area contributed by atoms with Crippen molar-refractivity contribution in [1.82, 2.24) is 14.9 Å². The molecule has 2 N–H and O–H groups in total. The Kier molecular flexibility index (Phi) is 10.9. The minimum Gasteiger partial charge on any atom is -0.374 e. The zero-order valence-corrected chi connectivity index (χ0v) is 23.3. The summed E-state index contributed by atoms with van der Waals surface area (Å²) in [6.45, 7) is 4.48. The fourth-order valence-electron chi connectivity index (χ4n) is 4.76. The third kappa shape index (κ3) is 7.81. The highest BCUT2D eigenvalue weighted by atomic mass is 35.5. The molecular weight excluding hydrogens is 525 g/mol. The van der Waals surface area contributed by atoms with Crippen molar-refractivity contribution >= 4 is 45.0 Å². The van der Waals surface area contributed by atoms with E-state index in [2.05, 4.69) is 10.6 Å². The largest absolute Gasteiger partial charge is 0.374 e. The first-order chi connectivity index (χ1) is 17.1. The summed E-state index contributed by atoms with van der Waals surface area (Å²) in [6, 6.07) is 3.61. The number of morpholine rings is 1. The lowest BCUT2D eigenvalue weighted by atomic mass is 9.97. The maximum atomic E-state index is 13.1. The van der Waals surface area contributed by atoms with Crippen molar-refractivity contribution in [3.63, 3.8) is 0 Å². The van der Waals surface area contributed by atoms with Crippen LogP contribution in [0.4, 0.5) is 0 Å². The number of carbonyl (C=O) groups excluding carboxylic acids is 2. The average Bonchev–Trinajstić information content (AvgIpc) is 3.38.